The average molecular weight is 199 g/mol. The van der Waals surface area contributed by atoms with Crippen molar-refractivity contribution in [2.45, 2.75) is 52.0 Å². The molecule has 1 aliphatic carbocycles. The van der Waals surface area contributed by atoms with E-state index in [2.05, 4.69) is 6.92 Å². The SMILES string of the molecule is CCC(C)C1(C(=O)O)CCC(N)CC1. The fourth-order valence-electron chi connectivity index (χ4n) is 2.46. The molecule has 0 aromatic rings. The zero-order valence-electron chi connectivity index (χ0n) is 9.12. The smallest absolute Gasteiger partial charge is 0.309 e. The highest BCUT2D eigenvalue weighted by Crippen LogP contribution is 2.43. The summed E-state index contributed by atoms with van der Waals surface area (Å²) in [6.07, 6.45) is 4.14. The van der Waals surface area contributed by atoms with Gasteiger partial charge in [0.1, 0.15) is 0 Å². The third-order valence-corrected chi connectivity index (χ3v) is 3.90. The first-order chi connectivity index (χ1) is 6.53. The Hall–Kier alpha value is -0.570. The van der Waals surface area contributed by atoms with Gasteiger partial charge in [-0.3, -0.25) is 4.79 Å². The van der Waals surface area contributed by atoms with E-state index >= 15 is 0 Å². The zero-order valence-corrected chi connectivity index (χ0v) is 9.12. The normalized spacial score (nSPS) is 35.2. The van der Waals surface area contributed by atoms with Gasteiger partial charge >= 0.3 is 5.97 Å². The highest BCUT2D eigenvalue weighted by atomic mass is 16.4. The first kappa shape index (κ1) is 11.5. The summed E-state index contributed by atoms with van der Waals surface area (Å²) in [6.45, 7) is 4.11. The minimum atomic E-state index is -0.626. The van der Waals surface area contributed by atoms with Crippen LogP contribution in [-0.4, -0.2) is 17.1 Å². The summed E-state index contributed by atoms with van der Waals surface area (Å²) in [5.41, 5.74) is 5.31. The van der Waals surface area contributed by atoms with Gasteiger partial charge in [0.15, 0.2) is 0 Å². The molecule has 0 aliphatic heterocycles. The molecule has 1 fully saturated rings. The van der Waals surface area contributed by atoms with E-state index in [4.69, 9.17) is 5.73 Å². The van der Waals surface area contributed by atoms with Crippen LogP contribution in [0.4, 0.5) is 0 Å². The second kappa shape index (κ2) is 4.30. The Morgan fingerprint density at radius 3 is 2.43 bits per heavy atom. The first-order valence-corrected chi connectivity index (χ1v) is 5.52. The van der Waals surface area contributed by atoms with Gasteiger partial charge in [-0.05, 0) is 31.6 Å². The van der Waals surface area contributed by atoms with Gasteiger partial charge in [0, 0.05) is 6.04 Å². The molecule has 3 heteroatoms. The molecule has 1 aliphatic rings. The number of carboxylic acid groups (broad SMARTS) is 1. The summed E-state index contributed by atoms with van der Waals surface area (Å²) in [6, 6.07) is 0.214. The van der Waals surface area contributed by atoms with E-state index < -0.39 is 11.4 Å². The minimum Gasteiger partial charge on any atom is -0.481 e. The van der Waals surface area contributed by atoms with Crippen LogP contribution in [0.15, 0.2) is 0 Å². The van der Waals surface area contributed by atoms with Crippen LogP contribution in [-0.2, 0) is 4.79 Å². The van der Waals surface area contributed by atoms with Crippen LogP contribution in [0.2, 0.25) is 0 Å². The Labute approximate surface area is 85.7 Å². The molecule has 0 spiro atoms. The Balaban J connectivity index is 2.78. The van der Waals surface area contributed by atoms with Crippen molar-refractivity contribution in [1.29, 1.82) is 0 Å². The van der Waals surface area contributed by atoms with Gasteiger partial charge in [0.05, 0.1) is 5.41 Å². The van der Waals surface area contributed by atoms with Gasteiger partial charge in [-0.2, -0.15) is 0 Å². The van der Waals surface area contributed by atoms with E-state index in [0.29, 0.717) is 0 Å². The highest BCUT2D eigenvalue weighted by molar-refractivity contribution is 5.75. The monoisotopic (exact) mass is 199 g/mol. The van der Waals surface area contributed by atoms with Gasteiger partial charge in [-0.1, -0.05) is 20.3 Å². The molecule has 1 unspecified atom stereocenters. The number of hydrogen-bond donors (Lipinski definition) is 2. The predicted octanol–water partition coefficient (Wildman–Crippen LogP) is 2.00. The summed E-state index contributed by atoms with van der Waals surface area (Å²) in [4.78, 5) is 11.3. The summed E-state index contributed by atoms with van der Waals surface area (Å²) >= 11 is 0. The van der Waals surface area contributed by atoms with Crippen molar-refractivity contribution in [3.63, 3.8) is 0 Å². The van der Waals surface area contributed by atoms with E-state index in [1.807, 2.05) is 6.92 Å². The van der Waals surface area contributed by atoms with Gasteiger partial charge in [-0.25, -0.2) is 0 Å². The molecule has 1 atom stereocenters. The maximum Gasteiger partial charge on any atom is 0.309 e. The maximum atomic E-state index is 11.3. The molecule has 14 heavy (non-hydrogen) atoms. The second-order valence-corrected chi connectivity index (χ2v) is 4.61. The molecule has 0 aromatic carbocycles. The molecule has 0 aromatic heterocycles. The molecule has 82 valence electrons. The van der Waals surface area contributed by atoms with Crippen molar-refractivity contribution >= 4 is 5.97 Å². The zero-order chi connectivity index (χ0) is 10.8. The van der Waals surface area contributed by atoms with Crippen molar-refractivity contribution in [1.82, 2.24) is 0 Å². The van der Waals surface area contributed by atoms with Gasteiger partial charge in [-0.15, -0.1) is 0 Å². The number of nitrogens with two attached hydrogens (primary N) is 1. The lowest BCUT2D eigenvalue weighted by Crippen LogP contribution is -2.43. The fraction of sp³-hybridized carbons (Fsp3) is 0.909. The molecule has 0 radical (unpaired) electrons. The second-order valence-electron chi connectivity index (χ2n) is 4.61. The lowest BCUT2D eigenvalue weighted by molar-refractivity contribution is -0.155. The fourth-order valence-corrected chi connectivity index (χ4v) is 2.46. The minimum absolute atomic E-state index is 0.214. The molecule has 0 heterocycles. The van der Waals surface area contributed by atoms with E-state index in [1.54, 1.807) is 0 Å². The van der Waals surface area contributed by atoms with E-state index in [1.165, 1.54) is 0 Å². The van der Waals surface area contributed by atoms with Crippen molar-refractivity contribution in [3.8, 4) is 0 Å². The summed E-state index contributed by atoms with van der Waals surface area (Å²) < 4.78 is 0. The van der Waals surface area contributed by atoms with Gasteiger partial charge < -0.3 is 10.8 Å². The lowest BCUT2D eigenvalue weighted by Gasteiger charge is -2.40. The Morgan fingerprint density at radius 1 is 1.57 bits per heavy atom. The lowest BCUT2D eigenvalue weighted by atomic mass is 9.65. The quantitative estimate of drug-likeness (QED) is 0.730. The number of carboxylic acids is 1. The third-order valence-electron chi connectivity index (χ3n) is 3.90. The van der Waals surface area contributed by atoms with Crippen molar-refractivity contribution in [2.24, 2.45) is 17.1 Å². The molecule has 3 N–H and O–H groups in total. The van der Waals surface area contributed by atoms with Crippen molar-refractivity contribution in [3.05, 3.63) is 0 Å². The Bertz CT molecular complexity index is 207. The van der Waals surface area contributed by atoms with E-state index in [0.717, 1.165) is 32.1 Å². The predicted molar refractivity (Wildman–Crippen MR) is 56.0 cm³/mol. The maximum absolute atomic E-state index is 11.3. The first-order valence-electron chi connectivity index (χ1n) is 5.52. The average Bonchev–Trinajstić information content (AvgIpc) is 2.18. The van der Waals surface area contributed by atoms with Crippen LogP contribution in [0.3, 0.4) is 0 Å². The van der Waals surface area contributed by atoms with Crippen LogP contribution in [0.1, 0.15) is 46.0 Å². The largest absolute Gasteiger partial charge is 0.481 e. The Kier molecular flexibility index (Phi) is 3.53. The number of carbonyl (C=O) groups is 1. The van der Waals surface area contributed by atoms with Crippen molar-refractivity contribution in [2.75, 3.05) is 0 Å². The van der Waals surface area contributed by atoms with E-state index in [-0.39, 0.29) is 12.0 Å². The van der Waals surface area contributed by atoms with Crippen LogP contribution >= 0.6 is 0 Å². The van der Waals surface area contributed by atoms with Crippen LogP contribution < -0.4 is 5.73 Å². The van der Waals surface area contributed by atoms with Crippen LogP contribution in [0.25, 0.3) is 0 Å². The molecular weight excluding hydrogens is 178 g/mol. The van der Waals surface area contributed by atoms with Crippen LogP contribution in [0.5, 0.6) is 0 Å². The summed E-state index contributed by atoms with van der Waals surface area (Å²) in [5, 5.41) is 9.34. The molecule has 0 amide bonds. The summed E-state index contributed by atoms with van der Waals surface area (Å²) in [7, 11) is 0. The number of rotatable bonds is 3. The van der Waals surface area contributed by atoms with Crippen LogP contribution in [0, 0.1) is 11.3 Å². The molecule has 1 rings (SSSR count). The summed E-state index contributed by atoms with van der Waals surface area (Å²) in [5.74, 6) is -0.369. The molecule has 1 saturated carbocycles. The Morgan fingerprint density at radius 2 is 2.07 bits per heavy atom. The molecule has 0 bridgehead atoms. The van der Waals surface area contributed by atoms with Crippen molar-refractivity contribution < 1.29 is 9.90 Å². The third kappa shape index (κ3) is 1.92. The molecule has 3 nitrogen and oxygen atoms in total. The van der Waals surface area contributed by atoms with E-state index in [9.17, 15) is 9.90 Å². The number of aliphatic carboxylic acids is 1. The molecule has 0 saturated heterocycles. The topological polar surface area (TPSA) is 63.3 Å². The molecular formula is C11H21NO2. The number of hydrogen-bond acceptors (Lipinski definition) is 2. The van der Waals surface area contributed by atoms with Gasteiger partial charge in [0.2, 0.25) is 0 Å². The van der Waals surface area contributed by atoms with Gasteiger partial charge in [0.25, 0.3) is 0 Å². The standard InChI is InChI=1S/C11H21NO2/c1-3-8(2)11(10(13)14)6-4-9(12)5-7-11/h8-9H,3-7,12H2,1-2H3,(H,13,14). The highest BCUT2D eigenvalue weighted by Gasteiger charge is 2.44.